The summed E-state index contributed by atoms with van der Waals surface area (Å²) in [5.41, 5.74) is -0.282. The van der Waals surface area contributed by atoms with Crippen molar-refractivity contribution in [3.8, 4) is 0 Å². The molecule has 1 heterocycles. The molecule has 3 amide bonds. The summed E-state index contributed by atoms with van der Waals surface area (Å²) in [5.74, 6) is -1.04. The summed E-state index contributed by atoms with van der Waals surface area (Å²) in [6.07, 6.45) is 0.223. The van der Waals surface area contributed by atoms with Gasteiger partial charge in [-0.3, -0.25) is 14.4 Å². The molecule has 1 aliphatic rings. The highest BCUT2D eigenvalue weighted by molar-refractivity contribution is 6.53. The first-order chi connectivity index (χ1) is 9.62. The predicted molar refractivity (Wildman–Crippen MR) is 81.1 cm³/mol. The van der Waals surface area contributed by atoms with Crippen molar-refractivity contribution in [2.45, 2.75) is 37.6 Å². The van der Waals surface area contributed by atoms with E-state index in [-0.39, 0.29) is 42.8 Å². The maximum absolute atomic E-state index is 12.0. The van der Waals surface area contributed by atoms with Gasteiger partial charge in [0.25, 0.3) is 5.91 Å². The van der Waals surface area contributed by atoms with Gasteiger partial charge in [-0.15, -0.1) is 0 Å². The SMILES string of the molecule is CC(C)(C)N1CC(C(=O)NCCNC(=O)C(Cl)Cl)CC1=O. The van der Waals surface area contributed by atoms with Crippen LogP contribution in [-0.4, -0.2) is 52.6 Å². The van der Waals surface area contributed by atoms with Gasteiger partial charge in [-0.2, -0.15) is 0 Å². The van der Waals surface area contributed by atoms with Gasteiger partial charge in [0.05, 0.1) is 5.92 Å². The molecule has 0 saturated carbocycles. The first kappa shape index (κ1) is 18.0. The quantitative estimate of drug-likeness (QED) is 0.571. The minimum absolute atomic E-state index is 0.0110. The maximum atomic E-state index is 12.0. The molecule has 0 aromatic heterocycles. The minimum Gasteiger partial charge on any atom is -0.354 e. The van der Waals surface area contributed by atoms with E-state index in [1.165, 1.54) is 0 Å². The van der Waals surface area contributed by atoms with E-state index in [0.717, 1.165) is 0 Å². The van der Waals surface area contributed by atoms with Crippen molar-refractivity contribution >= 4 is 40.9 Å². The van der Waals surface area contributed by atoms with Crippen LogP contribution in [-0.2, 0) is 14.4 Å². The first-order valence-electron chi connectivity index (χ1n) is 6.77. The number of rotatable bonds is 5. The fourth-order valence-electron chi connectivity index (χ4n) is 2.12. The molecule has 6 nitrogen and oxygen atoms in total. The Balaban J connectivity index is 2.34. The van der Waals surface area contributed by atoms with Gasteiger partial charge in [0, 0.05) is 31.6 Å². The monoisotopic (exact) mass is 337 g/mol. The summed E-state index contributed by atoms with van der Waals surface area (Å²) in [7, 11) is 0. The molecule has 2 N–H and O–H groups in total. The molecule has 1 fully saturated rings. The van der Waals surface area contributed by atoms with Crippen LogP contribution in [0.25, 0.3) is 0 Å². The third-order valence-corrected chi connectivity index (χ3v) is 3.62. The fourth-order valence-corrected chi connectivity index (χ4v) is 2.28. The Morgan fingerprint density at radius 1 is 1.29 bits per heavy atom. The number of nitrogens with zero attached hydrogens (tertiary/aromatic N) is 1. The Morgan fingerprint density at radius 3 is 2.33 bits per heavy atom. The summed E-state index contributed by atoms with van der Waals surface area (Å²) in [4.78, 5) is 35.6. The molecule has 1 atom stereocenters. The van der Waals surface area contributed by atoms with E-state index >= 15 is 0 Å². The summed E-state index contributed by atoms with van der Waals surface area (Å²) in [6, 6.07) is 0. The van der Waals surface area contributed by atoms with Gasteiger partial charge in [-0.05, 0) is 20.8 Å². The zero-order valence-electron chi connectivity index (χ0n) is 12.4. The average Bonchev–Trinajstić information content (AvgIpc) is 2.76. The van der Waals surface area contributed by atoms with Gasteiger partial charge >= 0.3 is 0 Å². The Kier molecular flexibility index (Phi) is 6.28. The van der Waals surface area contributed by atoms with Crippen LogP contribution < -0.4 is 10.6 Å². The summed E-state index contributed by atoms with van der Waals surface area (Å²) >= 11 is 10.7. The molecule has 0 radical (unpaired) electrons. The number of carbonyl (C=O) groups is 3. The van der Waals surface area contributed by atoms with E-state index in [0.29, 0.717) is 6.54 Å². The van der Waals surface area contributed by atoms with Gasteiger partial charge in [0.2, 0.25) is 11.8 Å². The summed E-state index contributed by atoms with van der Waals surface area (Å²) in [6.45, 7) is 6.75. The van der Waals surface area contributed by atoms with Crippen molar-refractivity contribution in [1.82, 2.24) is 15.5 Å². The van der Waals surface area contributed by atoms with Gasteiger partial charge in [-0.1, -0.05) is 23.2 Å². The largest absolute Gasteiger partial charge is 0.354 e. The van der Waals surface area contributed by atoms with Gasteiger partial charge < -0.3 is 15.5 Å². The topological polar surface area (TPSA) is 78.5 Å². The number of hydrogen-bond donors (Lipinski definition) is 2. The van der Waals surface area contributed by atoms with E-state index in [1.54, 1.807) is 4.90 Å². The maximum Gasteiger partial charge on any atom is 0.253 e. The van der Waals surface area contributed by atoms with Crippen LogP contribution in [0.3, 0.4) is 0 Å². The third-order valence-electron chi connectivity index (χ3n) is 3.23. The van der Waals surface area contributed by atoms with Crippen molar-refractivity contribution < 1.29 is 14.4 Å². The predicted octanol–water partition coefficient (Wildman–Crippen LogP) is 0.670. The van der Waals surface area contributed by atoms with Crippen LogP contribution in [0.2, 0.25) is 0 Å². The smallest absolute Gasteiger partial charge is 0.253 e. The molecule has 120 valence electrons. The average molecular weight is 338 g/mol. The van der Waals surface area contributed by atoms with Crippen LogP contribution >= 0.6 is 23.2 Å². The van der Waals surface area contributed by atoms with Crippen LogP contribution in [0, 0.1) is 5.92 Å². The molecule has 1 aliphatic heterocycles. The van der Waals surface area contributed by atoms with Crippen molar-refractivity contribution in [2.24, 2.45) is 5.92 Å². The number of alkyl halides is 2. The number of amides is 3. The number of carbonyl (C=O) groups excluding carboxylic acids is 3. The molecule has 8 heteroatoms. The number of nitrogens with one attached hydrogen (secondary N) is 2. The second-order valence-electron chi connectivity index (χ2n) is 5.96. The molecular formula is C13H21Cl2N3O3. The molecule has 21 heavy (non-hydrogen) atoms. The zero-order valence-corrected chi connectivity index (χ0v) is 13.9. The molecule has 0 spiro atoms. The van der Waals surface area contributed by atoms with Gasteiger partial charge in [0.1, 0.15) is 0 Å². The minimum atomic E-state index is -1.12. The molecule has 1 saturated heterocycles. The lowest BCUT2D eigenvalue weighted by molar-refractivity contribution is -0.132. The Labute approximate surface area is 134 Å². The Morgan fingerprint density at radius 2 is 1.86 bits per heavy atom. The van der Waals surface area contributed by atoms with Crippen molar-refractivity contribution in [3.05, 3.63) is 0 Å². The molecule has 1 rings (SSSR count). The summed E-state index contributed by atoms with van der Waals surface area (Å²) < 4.78 is 0. The highest BCUT2D eigenvalue weighted by Crippen LogP contribution is 2.25. The first-order valence-corrected chi connectivity index (χ1v) is 7.64. The van der Waals surface area contributed by atoms with E-state index in [4.69, 9.17) is 23.2 Å². The van der Waals surface area contributed by atoms with Crippen molar-refractivity contribution in [1.29, 1.82) is 0 Å². The van der Waals surface area contributed by atoms with E-state index in [1.807, 2.05) is 20.8 Å². The second-order valence-corrected chi connectivity index (χ2v) is 7.06. The van der Waals surface area contributed by atoms with Gasteiger partial charge in [-0.25, -0.2) is 0 Å². The second kappa shape index (κ2) is 7.31. The van der Waals surface area contributed by atoms with Crippen molar-refractivity contribution in [2.75, 3.05) is 19.6 Å². The number of hydrogen-bond acceptors (Lipinski definition) is 3. The lowest BCUT2D eigenvalue weighted by atomic mass is 10.1. The molecule has 0 bridgehead atoms. The van der Waals surface area contributed by atoms with Crippen LogP contribution in [0.5, 0.6) is 0 Å². The lowest BCUT2D eigenvalue weighted by Gasteiger charge is -2.31. The molecular weight excluding hydrogens is 317 g/mol. The molecule has 1 unspecified atom stereocenters. The summed E-state index contributed by atoms with van der Waals surface area (Å²) in [5, 5.41) is 5.17. The van der Waals surface area contributed by atoms with E-state index < -0.39 is 10.7 Å². The van der Waals surface area contributed by atoms with Crippen LogP contribution in [0.15, 0.2) is 0 Å². The Bertz CT molecular complexity index is 421. The van der Waals surface area contributed by atoms with Crippen LogP contribution in [0.1, 0.15) is 27.2 Å². The lowest BCUT2D eigenvalue weighted by Crippen LogP contribution is -2.43. The molecule has 0 aromatic carbocycles. The highest BCUT2D eigenvalue weighted by atomic mass is 35.5. The van der Waals surface area contributed by atoms with Gasteiger partial charge in [0.15, 0.2) is 4.84 Å². The number of likely N-dealkylation sites (tertiary alicyclic amines) is 1. The number of halogens is 2. The fraction of sp³-hybridized carbons (Fsp3) is 0.769. The normalized spacial score (nSPS) is 19.0. The Hall–Kier alpha value is -1.01. The van der Waals surface area contributed by atoms with E-state index in [2.05, 4.69) is 10.6 Å². The molecule has 0 aliphatic carbocycles. The van der Waals surface area contributed by atoms with E-state index in [9.17, 15) is 14.4 Å². The standard InChI is InChI=1S/C13H21Cl2N3O3/c1-13(2,3)18-7-8(6-9(18)19)11(20)16-4-5-17-12(21)10(14)15/h8,10H,4-7H2,1-3H3,(H,16,20)(H,17,21). The van der Waals surface area contributed by atoms with Crippen molar-refractivity contribution in [3.63, 3.8) is 0 Å². The molecule has 0 aromatic rings. The third kappa shape index (κ3) is 5.36. The zero-order chi connectivity index (χ0) is 16.2. The highest BCUT2D eigenvalue weighted by Gasteiger charge is 2.39. The van der Waals surface area contributed by atoms with Crippen LogP contribution in [0.4, 0.5) is 0 Å².